The highest BCUT2D eigenvalue weighted by Gasteiger charge is 2.26. The maximum absolute atomic E-state index is 13.4. The molecule has 0 bridgehead atoms. The van der Waals surface area contributed by atoms with Crippen molar-refractivity contribution in [3.05, 3.63) is 77.2 Å². The van der Waals surface area contributed by atoms with E-state index in [1.54, 1.807) is 59.8 Å². The van der Waals surface area contributed by atoms with Gasteiger partial charge in [-0.2, -0.15) is 5.10 Å². The first kappa shape index (κ1) is 21.0. The predicted molar refractivity (Wildman–Crippen MR) is 121 cm³/mol. The lowest BCUT2D eigenvalue weighted by Gasteiger charge is -2.10. The zero-order valence-corrected chi connectivity index (χ0v) is 18.8. The van der Waals surface area contributed by atoms with Crippen LogP contribution in [0.2, 0.25) is 5.02 Å². The van der Waals surface area contributed by atoms with Gasteiger partial charge in [0.2, 0.25) is 14.9 Å². The van der Waals surface area contributed by atoms with Crippen molar-refractivity contribution in [3.8, 4) is 11.1 Å². The van der Waals surface area contributed by atoms with Gasteiger partial charge in [0, 0.05) is 30.9 Å². The fourth-order valence-corrected chi connectivity index (χ4v) is 4.49. The summed E-state index contributed by atoms with van der Waals surface area (Å²) < 4.78 is 28.2. The molecule has 0 amide bonds. The third kappa shape index (κ3) is 4.04. The molecule has 2 aromatic carbocycles. The number of benzene rings is 2. The first-order valence-corrected chi connectivity index (χ1v) is 11.3. The highest BCUT2D eigenvalue weighted by atomic mass is 35.5. The van der Waals surface area contributed by atoms with Crippen molar-refractivity contribution >= 4 is 33.2 Å². The summed E-state index contributed by atoms with van der Waals surface area (Å²) in [7, 11) is -0.217. The quantitative estimate of drug-likeness (QED) is 0.452. The molecule has 4 aromatic rings. The van der Waals surface area contributed by atoms with E-state index in [9.17, 15) is 8.42 Å². The van der Waals surface area contributed by atoms with E-state index in [0.29, 0.717) is 16.4 Å². The third-order valence-corrected chi connectivity index (χ3v) is 6.64. The molecule has 0 N–H and O–H groups in total. The van der Waals surface area contributed by atoms with Crippen molar-refractivity contribution in [3.63, 3.8) is 0 Å². The topological polar surface area (TPSA) is 80.5 Å². The summed E-state index contributed by atoms with van der Waals surface area (Å²) in [6.45, 7) is 1.90. The van der Waals surface area contributed by atoms with Crippen LogP contribution in [0.15, 0.2) is 70.8 Å². The van der Waals surface area contributed by atoms with Crippen LogP contribution in [0.25, 0.3) is 22.9 Å². The molecule has 0 saturated carbocycles. The summed E-state index contributed by atoms with van der Waals surface area (Å²) in [4.78, 5) is 1.95. The molecule has 0 unspecified atom stereocenters. The zero-order valence-electron chi connectivity index (χ0n) is 17.2. The molecule has 31 heavy (non-hydrogen) atoms. The zero-order chi connectivity index (χ0) is 22.2. The van der Waals surface area contributed by atoms with Crippen LogP contribution in [-0.4, -0.2) is 47.2 Å². The molecule has 2 heterocycles. The highest BCUT2D eigenvalue weighted by Crippen LogP contribution is 2.28. The molecule has 0 saturated heterocycles. The molecule has 0 fully saturated rings. The van der Waals surface area contributed by atoms with Crippen LogP contribution in [-0.2, 0) is 9.84 Å². The van der Waals surface area contributed by atoms with Gasteiger partial charge in [-0.1, -0.05) is 41.4 Å². The molecule has 0 radical (unpaired) electrons. The predicted octanol–water partition coefficient (Wildman–Crippen LogP) is 4.12. The molecule has 0 atom stereocenters. The van der Waals surface area contributed by atoms with Crippen molar-refractivity contribution in [2.24, 2.45) is 0 Å². The molecule has 0 spiro atoms. The van der Waals surface area contributed by atoms with E-state index in [1.165, 1.54) is 4.52 Å². The minimum atomic E-state index is -3.91. The summed E-state index contributed by atoms with van der Waals surface area (Å²) in [6, 6.07) is 13.9. The van der Waals surface area contributed by atoms with Crippen LogP contribution < -0.4 is 0 Å². The Labute approximate surface area is 185 Å². The van der Waals surface area contributed by atoms with Gasteiger partial charge < -0.3 is 4.90 Å². The largest absolute Gasteiger partial charge is 0.383 e. The summed E-state index contributed by atoms with van der Waals surface area (Å²) in [5.74, 6) is 0. The number of sulfone groups is 1. The fraction of sp³-hybridized carbons (Fsp3) is 0.136. The monoisotopic (exact) mass is 453 g/mol. The second-order valence-electron chi connectivity index (χ2n) is 7.29. The van der Waals surface area contributed by atoms with Gasteiger partial charge >= 0.3 is 0 Å². The fourth-order valence-electron chi connectivity index (χ4n) is 3.06. The normalized spacial score (nSPS) is 12.0. The highest BCUT2D eigenvalue weighted by molar-refractivity contribution is 7.91. The van der Waals surface area contributed by atoms with Crippen molar-refractivity contribution in [1.82, 2.24) is 24.7 Å². The van der Waals surface area contributed by atoms with Gasteiger partial charge in [0.1, 0.15) is 5.69 Å². The van der Waals surface area contributed by atoms with Crippen LogP contribution in [0.1, 0.15) is 11.3 Å². The third-order valence-electron chi connectivity index (χ3n) is 4.70. The molecule has 4 rings (SSSR count). The SMILES string of the molecule is Cc1ccc(S(=O)(=O)c2nnc3c(-c4ccc(Cl)cc4)cnn3c2C=CN(C)C)cc1. The van der Waals surface area contributed by atoms with Gasteiger partial charge in [-0.05, 0) is 42.8 Å². The van der Waals surface area contributed by atoms with Crippen molar-refractivity contribution in [1.29, 1.82) is 0 Å². The lowest BCUT2D eigenvalue weighted by molar-refractivity contribution is 0.566. The van der Waals surface area contributed by atoms with Crippen molar-refractivity contribution in [2.75, 3.05) is 14.1 Å². The second-order valence-corrected chi connectivity index (χ2v) is 9.59. The van der Waals surface area contributed by atoms with Crippen LogP contribution >= 0.6 is 11.6 Å². The van der Waals surface area contributed by atoms with Gasteiger partial charge in [0.15, 0.2) is 5.65 Å². The van der Waals surface area contributed by atoms with Gasteiger partial charge in [-0.15, -0.1) is 10.2 Å². The van der Waals surface area contributed by atoms with Crippen molar-refractivity contribution < 1.29 is 8.42 Å². The molecular weight excluding hydrogens is 434 g/mol. The Morgan fingerprint density at radius 3 is 2.32 bits per heavy atom. The summed E-state index contributed by atoms with van der Waals surface area (Å²) in [6.07, 6.45) is 5.05. The minimum absolute atomic E-state index is 0.149. The lowest BCUT2D eigenvalue weighted by atomic mass is 10.1. The van der Waals surface area contributed by atoms with E-state index in [0.717, 1.165) is 16.7 Å². The average molecular weight is 454 g/mol. The van der Waals surface area contributed by atoms with Gasteiger partial charge in [-0.25, -0.2) is 12.9 Å². The Hall–Kier alpha value is -3.23. The molecule has 158 valence electrons. The molecule has 7 nitrogen and oxygen atoms in total. The number of aromatic nitrogens is 4. The Kier molecular flexibility index (Phi) is 5.51. The number of rotatable bonds is 5. The first-order valence-electron chi connectivity index (χ1n) is 9.44. The second kappa shape index (κ2) is 8.13. The number of aryl methyl sites for hydroxylation is 1. The van der Waals surface area contributed by atoms with Crippen LogP contribution in [0.4, 0.5) is 0 Å². The summed E-state index contributed by atoms with van der Waals surface area (Å²) >= 11 is 6.00. The smallest absolute Gasteiger partial charge is 0.227 e. The van der Waals surface area contributed by atoms with E-state index >= 15 is 0 Å². The minimum Gasteiger partial charge on any atom is -0.383 e. The van der Waals surface area contributed by atoms with E-state index in [2.05, 4.69) is 15.3 Å². The van der Waals surface area contributed by atoms with E-state index in [4.69, 9.17) is 11.6 Å². The standard InChI is InChI=1S/C22H20ClN5O2S/c1-15-4-10-18(11-5-15)31(29,30)22-20(12-13-27(2)3)28-21(25-26-22)19(14-24-28)16-6-8-17(23)9-7-16/h4-14H,1-3H3. The molecule has 0 aliphatic carbocycles. The number of nitrogens with zero attached hydrogens (tertiary/aromatic N) is 5. The summed E-state index contributed by atoms with van der Waals surface area (Å²) in [5.41, 5.74) is 3.31. The van der Waals surface area contributed by atoms with Crippen molar-refractivity contribution in [2.45, 2.75) is 16.8 Å². The lowest BCUT2D eigenvalue weighted by Crippen LogP contribution is -2.13. The van der Waals surface area contributed by atoms with Crippen LogP contribution in [0.5, 0.6) is 0 Å². The molecule has 0 aliphatic rings. The summed E-state index contributed by atoms with van der Waals surface area (Å²) in [5, 5.41) is 13.2. The van der Waals surface area contributed by atoms with E-state index in [-0.39, 0.29) is 9.92 Å². The van der Waals surface area contributed by atoms with Gasteiger partial charge in [0.25, 0.3) is 0 Å². The maximum atomic E-state index is 13.4. The molecule has 9 heteroatoms. The Balaban J connectivity index is 1.95. The van der Waals surface area contributed by atoms with Gasteiger partial charge in [0.05, 0.1) is 11.1 Å². The molecule has 2 aromatic heterocycles. The molecule has 0 aliphatic heterocycles. The first-order chi connectivity index (χ1) is 14.8. The molecular formula is C22H20ClN5O2S. The number of hydrogen-bond acceptors (Lipinski definition) is 6. The Bertz CT molecular complexity index is 1380. The van der Waals surface area contributed by atoms with Gasteiger partial charge in [-0.3, -0.25) is 0 Å². The van der Waals surface area contributed by atoms with Crippen LogP contribution in [0, 0.1) is 6.92 Å². The number of fused-ring (bicyclic) bond motifs is 1. The van der Waals surface area contributed by atoms with E-state index < -0.39 is 9.84 Å². The Morgan fingerprint density at radius 1 is 1.00 bits per heavy atom. The Morgan fingerprint density at radius 2 is 1.68 bits per heavy atom. The number of halogens is 1. The van der Waals surface area contributed by atoms with E-state index in [1.807, 2.05) is 33.2 Å². The number of hydrogen-bond donors (Lipinski definition) is 0. The van der Waals surface area contributed by atoms with Crippen LogP contribution in [0.3, 0.4) is 0 Å². The maximum Gasteiger partial charge on any atom is 0.227 e. The average Bonchev–Trinajstić information content (AvgIpc) is 3.17.